The summed E-state index contributed by atoms with van der Waals surface area (Å²) in [5.41, 5.74) is 5.92. The summed E-state index contributed by atoms with van der Waals surface area (Å²) < 4.78 is 29.8. The van der Waals surface area contributed by atoms with E-state index in [0.29, 0.717) is 5.56 Å². The summed E-state index contributed by atoms with van der Waals surface area (Å²) in [5, 5.41) is 0. The minimum absolute atomic E-state index is 0. The molecule has 0 saturated heterocycles. The molecule has 0 heterocycles. The van der Waals surface area contributed by atoms with Gasteiger partial charge in [0.1, 0.15) is 18.2 Å². The maximum Gasteiger partial charge on any atom is 0.126 e. The van der Waals surface area contributed by atoms with Crippen LogP contribution >= 0.6 is 12.4 Å². The van der Waals surface area contributed by atoms with E-state index in [-0.39, 0.29) is 18.2 Å². The van der Waals surface area contributed by atoms with E-state index in [1.807, 2.05) is 0 Å². The van der Waals surface area contributed by atoms with Crippen molar-refractivity contribution in [3.63, 3.8) is 0 Å². The van der Waals surface area contributed by atoms with Gasteiger partial charge in [-0.05, 0) is 6.07 Å². The Morgan fingerprint density at radius 2 is 2.14 bits per heavy atom. The fraction of sp³-hybridized carbons (Fsp3) is 0.333. The van der Waals surface area contributed by atoms with Crippen LogP contribution in [0, 0.1) is 5.82 Å². The molecule has 0 saturated carbocycles. The van der Waals surface area contributed by atoms with Crippen LogP contribution in [0.1, 0.15) is 11.6 Å². The van der Waals surface area contributed by atoms with Gasteiger partial charge in [0.05, 0.1) is 13.2 Å². The zero-order chi connectivity index (χ0) is 9.84. The van der Waals surface area contributed by atoms with Crippen LogP contribution in [0.15, 0.2) is 18.2 Å². The van der Waals surface area contributed by atoms with Crippen LogP contribution in [-0.4, -0.2) is 13.8 Å². The van der Waals surface area contributed by atoms with E-state index < -0.39 is 18.5 Å². The highest BCUT2D eigenvalue weighted by Crippen LogP contribution is 2.24. The zero-order valence-electron chi connectivity index (χ0n) is 7.67. The molecule has 1 atom stereocenters. The molecule has 2 N–H and O–H groups in total. The van der Waals surface area contributed by atoms with E-state index in [0.717, 1.165) is 0 Å². The van der Waals surface area contributed by atoms with Crippen LogP contribution in [0.25, 0.3) is 0 Å². The number of ether oxygens (including phenoxy) is 1. The number of benzene rings is 1. The minimum Gasteiger partial charge on any atom is -0.496 e. The predicted molar refractivity (Wildman–Crippen MR) is 53.1 cm³/mol. The molecule has 0 aliphatic heterocycles. The third kappa shape index (κ3) is 2.82. The standard InChI is InChI=1S/C9H11F2NO.ClH/c1-13-9-4-6(11)2-3-7(9)8(12)5-10;/h2-4,8H,5,12H2,1H3;1H/t8-;/m1./s1. The van der Waals surface area contributed by atoms with Crippen molar-refractivity contribution in [1.82, 2.24) is 0 Å². The van der Waals surface area contributed by atoms with Gasteiger partial charge >= 0.3 is 0 Å². The van der Waals surface area contributed by atoms with Crippen molar-refractivity contribution < 1.29 is 13.5 Å². The maximum absolute atomic E-state index is 12.7. The second-order valence-electron chi connectivity index (χ2n) is 2.65. The molecule has 0 bridgehead atoms. The molecule has 0 amide bonds. The van der Waals surface area contributed by atoms with Crippen molar-refractivity contribution in [3.8, 4) is 5.75 Å². The normalized spacial score (nSPS) is 11.7. The Morgan fingerprint density at radius 3 is 2.64 bits per heavy atom. The first-order valence-electron chi connectivity index (χ1n) is 3.84. The molecule has 0 spiro atoms. The molecule has 0 aliphatic carbocycles. The highest BCUT2D eigenvalue weighted by molar-refractivity contribution is 5.85. The van der Waals surface area contributed by atoms with Crippen LogP contribution in [0.3, 0.4) is 0 Å². The Kier molecular flexibility index (Phi) is 5.42. The average Bonchev–Trinajstić information content (AvgIpc) is 2.16. The molecule has 0 aromatic heterocycles. The molecule has 0 radical (unpaired) electrons. The Hall–Kier alpha value is -0.870. The predicted octanol–water partition coefficient (Wildman–Crippen LogP) is 2.23. The molecule has 1 rings (SSSR count). The summed E-state index contributed by atoms with van der Waals surface area (Å²) in [7, 11) is 1.39. The van der Waals surface area contributed by atoms with Crippen LogP contribution in [0.2, 0.25) is 0 Å². The molecule has 0 aliphatic rings. The van der Waals surface area contributed by atoms with E-state index in [9.17, 15) is 8.78 Å². The Balaban J connectivity index is 0.00000169. The SMILES string of the molecule is COc1cc(F)ccc1[C@H](N)CF.Cl. The topological polar surface area (TPSA) is 35.2 Å². The van der Waals surface area contributed by atoms with E-state index in [1.54, 1.807) is 0 Å². The van der Waals surface area contributed by atoms with Gasteiger partial charge in [0.2, 0.25) is 0 Å². The van der Waals surface area contributed by atoms with Crippen molar-refractivity contribution in [2.75, 3.05) is 13.8 Å². The molecule has 1 aromatic rings. The van der Waals surface area contributed by atoms with E-state index in [4.69, 9.17) is 10.5 Å². The number of methoxy groups -OCH3 is 1. The Morgan fingerprint density at radius 1 is 1.50 bits per heavy atom. The zero-order valence-corrected chi connectivity index (χ0v) is 8.48. The molecule has 0 unspecified atom stereocenters. The second kappa shape index (κ2) is 5.78. The van der Waals surface area contributed by atoms with Gasteiger partial charge in [0, 0.05) is 11.6 Å². The first-order valence-corrected chi connectivity index (χ1v) is 3.84. The molecule has 2 nitrogen and oxygen atoms in total. The highest BCUT2D eigenvalue weighted by atomic mass is 35.5. The number of hydrogen-bond acceptors (Lipinski definition) is 2. The molecule has 5 heteroatoms. The fourth-order valence-electron chi connectivity index (χ4n) is 1.07. The molecular formula is C9H12ClF2NO. The van der Waals surface area contributed by atoms with Gasteiger partial charge in [-0.25, -0.2) is 8.78 Å². The molecular weight excluding hydrogens is 212 g/mol. The maximum atomic E-state index is 12.7. The summed E-state index contributed by atoms with van der Waals surface area (Å²) in [6, 6.07) is 3.09. The van der Waals surface area contributed by atoms with Crippen molar-refractivity contribution >= 4 is 12.4 Å². The third-order valence-electron chi connectivity index (χ3n) is 1.76. The van der Waals surface area contributed by atoms with Crippen molar-refractivity contribution in [2.24, 2.45) is 5.73 Å². The van der Waals surface area contributed by atoms with Gasteiger partial charge in [-0.1, -0.05) is 6.07 Å². The minimum atomic E-state index is -0.754. The lowest BCUT2D eigenvalue weighted by Crippen LogP contribution is -2.13. The van der Waals surface area contributed by atoms with Crippen LogP contribution in [-0.2, 0) is 0 Å². The van der Waals surface area contributed by atoms with Gasteiger partial charge in [-0.2, -0.15) is 0 Å². The van der Waals surface area contributed by atoms with Gasteiger partial charge in [0.15, 0.2) is 0 Å². The fourth-order valence-corrected chi connectivity index (χ4v) is 1.07. The first-order chi connectivity index (χ1) is 6.19. The Bertz CT molecular complexity index is 296. The molecule has 14 heavy (non-hydrogen) atoms. The highest BCUT2D eigenvalue weighted by Gasteiger charge is 2.11. The largest absolute Gasteiger partial charge is 0.496 e. The van der Waals surface area contributed by atoms with Crippen molar-refractivity contribution in [1.29, 1.82) is 0 Å². The second-order valence-corrected chi connectivity index (χ2v) is 2.65. The molecule has 0 fully saturated rings. The van der Waals surface area contributed by atoms with Gasteiger partial charge in [-0.15, -0.1) is 12.4 Å². The van der Waals surface area contributed by atoms with Gasteiger partial charge in [-0.3, -0.25) is 0 Å². The lowest BCUT2D eigenvalue weighted by atomic mass is 10.1. The summed E-state index contributed by atoms with van der Waals surface area (Å²) in [5.74, 6) is -0.142. The summed E-state index contributed by atoms with van der Waals surface area (Å²) in [6.07, 6.45) is 0. The third-order valence-corrected chi connectivity index (χ3v) is 1.76. The monoisotopic (exact) mass is 223 g/mol. The quantitative estimate of drug-likeness (QED) is 0.853. The number of nitrogens with two attached hydrogens (primary N) is 1. The summed E-state index contributed by atoms with van der Waals surface area (Å²) in [4.78, 5) is 0. The van der Waals surface area contributed by atoms with E-state index >= 15 is 0 Å². The summed E-state index contributed by atoms with van der Waals surface area (Å²) in [6.45, 7) is -0.692. The van der Waals surface area contributed by atoms with Gasteiger partial charge < -0.3 is 10.5 Å². The van der Waals surface area contributed by atoms with E-state index in [1.165, 1.54) is 25.3 Å². The number of rotatable bonds is 3. The van der Waals surface area contributed by atoms with Crippen LogP contribution < -0.4 is 10.5 Å². The van der Waals surface area contributed by atoms with Crippen LogP contribution in [0.4, 0.5) is 8.78 Å². The number of halogens is 3. The molecule has 1 aromatic carbocycles. The number of alkyl halides is 1. The van der Waals surface area contributed by atoms with E-state index in [2.05, 4.69) is 0 Å². The van der Waals surface area contributed by atoms with Crippen molar-refractivity contribution in [2.45, 2.75) is 6.04 Å². The lowest BCUT2D eigenvalue weighted by molar-refractivity contribution is 0.386. The van der Waals surface area contributed by atoms with Crippen LogP contribution in [0.5, 0.6) is 5.75 Å². The van der Waals surface area contributed by atoms with Crippen molar-refractivity contribution in [3.05, 3.63) is 29.6 Å². The lowest BCUT2D eigenvalue weighted by Gasteiger charge is -2.12. The summed E-state index contributed by atoms with van der Waals surface area (Å²) >= 11 is 0. The average molecular weight is 224 g/mol. The smallest absolute Gasteiger partial charge is 0.126 e. The number of hydrogen-bond donors (Lipinski definition) is 1. The Labute approximate surface area is 87.5 Å². The molecule has 80 valence electrons. The van der Waals surface area contributed by atoms with Gasteiger partial charge in [0.25, 0.3) is 0 Å². The first kappa shape index (κ1) is 13.1.